The fourth-order valence-electron chi connectivity index (χ4n) is 10.5. The molecule has 8 atom stereocenters. The number of likely N-dealkylation sites (N-methyl/N-ethyl adjacent to an activating group) is 1. The summed E-state index contributed by atoms with van der Waals surface area (Å²) in [6, 6.07) is 7.76. The highest BCUT2D eigenvalue weighted by Gasteiger charge is 2.68. The second-order valence-electron chi connectivity index (χ2n) is 27.6. The van der Waals surface area contributed by atoms with Crippen molar-refractivity contribution in [2.45, 2.75) is 240 Å². The molecule has 1 aromatic rings. The van der Waals surface area contributed by atoms with Crippen LogP contribution in [-0.2, 0) is 46.5 Å². The Morgan fingerprint density at radius 1 is 0.519 bits per heavy atom. The number of nitrogens with zero attached hydrogens (tertiary/aromatic N) is 1. The maximum Gasteiger partial charge on any atom is 0.597 e. The molecule has 79 heavy (non-hydrogen) atoms. The first-order chi connectivity index (χ1) is 36.6. The molecule has 4 N–H and O–H groups in total. The summed E-state index contributed by atoms with van der Waals surface area (Å²) in [5.74, 6) is 5.50. The molecule has 9 aliphatic rings. The monoisotopic (exact) mass is 1120 g/mol. The van der Waals surface area contributed by atoms with E-state index in [1.807, 2.05) is 38.1 Å². The van der Waals surface area contributed by atoms with Crippen LogP contribution in [0.15, 0.2) is 24.3 Å². The number of rotatable bonds is 10. The summed E-state index contributed by atoms with van der Waals surface area (Å²) in [6.45, 7) is 48.9. The molecule has 0 amide bonds. The Morgan fingerprint density at radius 3 is 1.29 bits per heavy atom. The molecule has 8 unspecified atom stereocenters. The number of fused-ring (bicyclic) bond motifs is 1. The lowest BCUT2D eigenvalue weighted by atomic mass is 9.43. The van der Waals surface area contributed by atoms with Gasteiger partial charge >= 0.3 is 42.7 Å². The van der Waals surface area contributed by atoms with Crippen LogP contribution in [0.25, 0.3) is 0 Å². The molecule has 8 fully saturated rings. The Bertz CT molecular complexity index is 1860. The summed E-state index contributed by atoms with van der Waals surface area (Å²) < 4.78 is 68.1. The third-order valence-electron chi connectivity index (χ3n) is 16.7. The molecule has 1 aromatic carbocycles. The topological polar surface area (TPSA) is 195 Å². The third kappa shape index (κ3) is 19.1. The van der Waals surface area contributed by atoms with Crippen molar-refractivity contribution in [1.82, 2.24) is 4.90 Å². The molecule has 6 aliphatic heterocycles. The normalized spacial score (nSPS) is 29.0. The Kier molecular flexibility index (Phi) is 26.7. The van der Waals surface area contributed by atoms with Gasteiger partial charge in [-0.1, -0.05) is 123 Å². The predicted molar refractivity (Wildman–Crippen MR) is 319 cm³/mol. The van der Waals surface area contributed by atoms with Gasteiger partial charge in [-0.05, 0) is 113 Å². The van der Waals surface area contributed by atoms with Gasteiger partial charge in [0.25, 0.3) is 0 Å². The molecular formula is C56H107B6NO16. The molecule has 0 radical (unpaired) electrons. The number of aliphatic hydroxyl groups is 4. The number of hydrogen-bond acceptors (Lipinski definition) is 17. The number of benzene rings is 1. The Hall–Kier alpha value is -1.39. The van der Waals surface area contributed by atoms with Crippen molar-refractivity contribution < 1.29 is 76.3 Å². The summed E-state index contributed by atoms with van der Waals surface area (Å²) in [7, 11) is 1.42. The van der Waals surface area contributed by atoms with E-state index in [1.165, 1.54) is 12.8 Å². The highest BCUT2D eigenvalue weighted by molar-refractivity contribution is 6.49. The van der Waals surface area contributed by atoms with Crippen molar-refractivity contribution in [3.8, 4) is 11.5 Å². The predicted octanol–water partition coefficient (Wildman–Crippen LogP) is 9.17. The molecule has 17 nitrogen and oxygen atoms in total. The molecule has 5 saturated heterocycles. The van der Waals surface area contributed by atoms with E-state index in [-0.39, 0.29) is 63.6 Å². The van der Waals surface area contributed by atoms with Gasteiger partial charge in [-0.3, -0.25) is 0 Å². The largest absolute Gasteiger partial charge is 0.597 e. The summed E-state index contributed by atoms with van der Waals surface area (Å²) in [5, 5.41) is 36.8. The van der Waals surface area contributed by atoms with Gasteiger partial charge in [0.1, 0.15) is 23.7 Å². The average Bonchev–Trinajstić information content (AvgIpc) is 4.15. The molecule has 23 heteroatoms. The molecule has 10 rings (SSSR count). The summed E-state index contributed by atoms with van der Waals surface area (Å²) in [6.07, 6.45) is -1.02. The molecule has 3 aliphatic carbocycles. The first-order valence-electron chi connectivity index (χ1n) is 29.8. The lowest BCUT2D eigenvalue weighted by molar-refractivity contribution is -0.199. The number of para-hydroxylation sites is 2. The van der Waals surface area contributed by atoms with Gasteiger partial charge in [0, 0.05) is 50.7 Å². The van der Waals surface area contributed by atoms with Gasteiger partial charge in [-0.25, -0.2) is 0 Å². The van der Waals surface area contributed by atoms with E-state index in [9.17, 15) is 10.2 Å². The van der Waals surface area contributed by atoms with Crippen LogP contribution < -0.4 is 9.31 Å². The van der Waals surface area contributed by atoms with Crippen molar-refractivity contribution >= 4 is 42.7 Å². The van der Waals surface area contributed by atoms with Crippen LogP contribution in [-0.4, -0.2) is 175 Å². The maximum atomic E-state index is 9.52. The molecule has 450 valence electrons. The molecule has 2 bridgehead atoms. The van der Waals surface area contributed by atoms with Crippen LogP contribution in [0.3, 0.4) is 0 Å². The van der Waals surface area contributed by atoms with E-state index < -0.39 is 44.7 Å². The zero-order chi connectivity index (χ0) is 59.6. The van der Waals surface area contributed by atoms with Gasteiger partial charge in [-0.15, -0.1) is 0 Å². The minimum atomic E-state index is -1.13. The second kappa shape index (κ2) is 30.1. The highest BCUT2D eigenvalue weighted by atomic mass is 16.7. The van der Waals surface area contributed by atoms with E-state index in [2.05, 4.69) is 143 Å². The lowest BCUT2D eigenvalue weighted by Crippen LogP contribution is -2.65. The maximum absolute atomic E-state index is 9.52. The minimum Gasteiger partial charge on any atom is -0.523 e. The van der Waals surface area contributed by atoms with Crippen LogP contribution in [0.2, 0.25) is 34.9 Å². The van der Waals surface area contributed by atoms with Gasteiger partial charge in [0.05, 0.1) is 48.3 Å². The fourth-order valence-corrected chi connectivity index (χ4v) is 10.5. The lowest BCUT2D eigenvalue weighted by Gasteiger charge is -2.64. The van der Waals surface area contributed by atoms with Gasteiger partial charge in [-0.2, -0.15) is 0 Å². The van der Waals surface area contributed by atoms with Gasteiger partial charge in [0.2, 0.25) is 0 Å². The molecule has 0 spiro atoms. The smallest absolute Gasteiger partial charge is 0.523 e. The highest BCUT2D eigenvalue weighted by Crippen LogP contribution is 2.66. The molecule has 0 aromatic heterocycles. The van der Waals surface area contributed by atoms with E-state index in [1.54, 1.807) is 0 Å². The van der Waals surface area contributed by atoms with Crippen molar-refractivity contribution in [1.29, 1.82) is 0 Å². The van der Waals surface area contributed by atoms with Crippen LogP contribution in [0.4, 0.5) is 0 Å². The van der Waals surface area contributed by atoms with Crippen LogP contribution in [0.5, 0.6) is 11.5 Å². The van der Waals surface area contributed by atoms with Crippen LogP contribution >= 0.6 is 0 Å². The SMILES string of the molecule is CC(C)B1OC(C(O)CO)C(C(O)CO)O1.CC(C)B1OC(C)(C)C(C)(C)O1.CC(C)B1OC2CC3CC(C3(C)C)C2(C)O1.CC(C)B1OCC(C)(C)CO1.CC(C)B1OCCN(C)CCO1.CC(C)B1Oc2ccccc2O1. The zero-order valence-corrected chi connectivity index (χ0v) is 53.0. The van der Waals surface area contributed by atoms with E-state index in [0.29, 0.717) is 46.5 Å². The zero-order valence-electron chi connectivity index (χ0n) is 53.0. The van der Waals surface area contributed by atoms with E-state index >= 15 is 0 Å². The van der Waals surface area contributed by atoms with Gasteiger partial charge in [0.15, 0.2) is 0 Å². The first-order valence-corrected chi connectivity index (χ1v) is 29.8. The van der Waals surface area contributed by atoms with Gasteiger partial charge < -0.3 is 81.2 Å². The summed E-state index contributed by atoms with van der Waals surface area (Å²) in [4.78, 5) is 2.22. The number of hydrogen-bond donors (Lipinski definition) is 4. The van der Waals surface area contributed by atoms with E-state index in [4.69, 9.17) is 66.1 Å². The summed E-state index contributed by atoms with van der Waals surface area (Å²) >= 11 is 0. The average molecular weight is 1120 g/mol. The standard InChI is InChI=1S/C13H23BO2.C9H19BO6.C9H11BO2.C9H19BO2.C8H18BNO2.C8H17BO2/c1-8(2)14-15-11-7-9-6-10(12(9,3)4)13(11,5)16-14;1-5(2)10-15-8(6(13)3-11)9(16-10)7(14)4-12;1-7(2)10-11-8-5-3-4-6-9(8)12-10;1-7(2)10-11-8(3,4)9(5,6)12-10;1-8(2)9-11-6-4-10(3)5-7-12-9;1-7(2)9-10-5-8(3,4)6-11-9/h8-11H,6-7H2,1-5H3;5-9,11-14H,3-4H2,1-2H3;3-7H,1-2H3;7H,1-6H3;8H,4-7H2,1-3H3;7H,5-6H2,1-4H3. The van der Waals surface area contributed by atoms with Crippen molar-refractivity contribution in [3.05, 3.63) is 24.3 Å². The van der Waals surface area contributed by atoms with Crippen LogP contribution in [0, 0.1) is 22.7 Å². The molecule has 6 heterocycles. The van der Waals surface area contributed by atoms with E-state index in [0.717, 1.165) is 56.9 Å². The Balaban J connectivity index is 0.000000206. The summed E-state index contributed by atoms with van der Waals surface area (Å²) in [5.41, 5.74) is 0.281. The molecule has 3 saturated carbocycles. The Morgan fingerprint density at radius 2 is 0.924 bits per heavy atom. The first kappa shape index (κ1) is 70.1. The third-order valence-corrected chi connectivity index (χ3v) is 16.7. The van der Waals surface area contributed by atoms with Crippen molar-refractivity contribution in [2.24, 2.45) is 22.7 Å². The Labute approximate surface area is 480 Å². The van der Waals surface area contributed by atoms with Crippen LogP contribution in [0.1, 0.15) is 158 Å². The second-order valence-corrected chi connectivity index (χ2v) is 27.6. The van der Waals surface area contributed by atoms with Crippen molar-refractivity contribution in [2.75, 3.05) is 59.8 Å². The fraction of sp³-hybridized carbons (Fsp3) is 0.893. The number of aliphatic hydroxyl groups excluding tert-OH is 4. The minimum absolute atomic E-state index is 0.00120. The quantitative estimate of drug-likeness (QED) is 0.162. The molecular weight excluding hydrogens is 1010 g/mol. The van der Waals surface area contributed by atoms with Crippen molar-refractivity contribution in [3.63, 3.8) is 0 Å².